The van der Waals surface area contributed by atoms with Gasteiger partial charge in [-0.2, -0.15) is 5.26 Å². The monoisotopic (exact) mass is 449 g/mol. The van der Waals surface area contributed by atoms with Crippen molar-refractivity contribution in [3.05, 3.63) is 58.7 Å². The van der Waals surface area contributed by atoms with Crippen LogP contribution in [0.15, 0.2) is 42.0 Å². The van der Waals surface area contributed by atoms with Crippen LogP contribution in [0, 0.1) is 23.7 Å². The summed E-state index contributed by atoms with van der Waals surface area (Å²) >= 11 is 0. The Morgan fingerprint density at radius 1 is 1.27 bits per heavy atom. The number of carbonyl (C=O) groups excluding carboxylic acids is 2. The fourth-order valence-corrected chi connectivity index (χ4v) is 4.81. The quantitative estimate of drug-likeness (QED) is 0.713. The zero-order valence-corrected chi connectivity index (χ0v) is 20.4. The van der Waals surface area contributed by atoms with E-state index in [2.05, 4.69) is 11.4 Å². The van der Waals surface area contributed by atoms with Crippen LogP contribution in [0.3, 0.4) is 0 Å². The second-order valence-electron chi connectivity index (χ2n) is 10.6. The number of allylic oxidation sites excluding steroid dienone is 2. The van der Waals surface area contributed by atoms with E-state index in [-0.39, 0.29) is 18.2 Å². The molecule has 2 aliphatic rings. The minimum atomic E-state index is -1.11. The molecule has 2 N–H and O–H groups in total. The molecule has 1 atom stereocenters. The second kappa shape index (κ2) is 9.15. The zero-order chi connectivity index (χ0) is 24.4. The summed E-state index contributed by atoms with van der Waals surface area (Å²) in [7, 11) is 0. The fourth-order valence-electron chi connectivity index (χ4n) is 4.81. The standard InChI is InChI=1S/C27H35N3O3/c1-19-15-22(12-11-21(19)17-28)27(33)13-14-30(18-25(27,2)3)23(31)16-26(4,5)29-24(32)20-9-7-6-8-10-20/h7,9-12,15,33H,6,8,13-14,16,18H2,1-5H3,(H,29,32). The number of hydrogen-bond donors (Lipinski definition) is 2. The summed E-state index contributed by atoms with van der Waals surface area (Å²) in [6, 6.07) is 7.61. The number of nitriles is 1. The molecule has 33 heavy (non-hydrogen) atoms. The Labute approximate surface area is 197 Å². The highest BCUT2D eigenvalue weighted by atomic mass is 16.3. The van der Waals surface area contributed by atoms with Crippen LogP contribution >= 0.6 is 0 Å². The van der Waals surface area contributed by atoms with E-state index in [0.717, 1.165) is 24.0 Å². The first-order valence-electron chi connectivity index (χ1n) is 11.6. The average Bonchev–Trinajstić information content (AvgIpc) is 2.75. The molecular weight excluding hydrogens is 414 g/mol. The van der Waals surface area contributed by atoms with Gasteiger partial charge in [0.25, 0.3) is 5.91 Å². The van der Waals surface area contributed by atoms with Crippen LogP contribution in [0.2, 0.25) is 0 Å². The first-order valence-corrected chi connectivity index (χ1v) is 11.6. The lowest BCUT2D eigenvalue weighted by molar-refractivity contribution is -0.154. The molecule has 1 saturated heterocycles. The maximum Gasteiger partial charge on any atom is 0.251 e. The van der Waals surface area contributed by atoms with E-state index < -0.39 is 16.6 Å². The Balaban J connectivity index is 1.68. The minimum Gasteiger partial charge on any atom is -0.384 e. The van der Waals surface area contributed by atoms with E-state index in [1.54, 1.807) is 11.0 Å². The zero-order valence-electron chi connectivity index (χ0n) is 20.4. The molecule has 1 aliphatic heterocycles. The number of carbonyl (C=O) groups is 2. The average molecular weight is 450 g/mol. The molecule has 1 aromatic carbocycles. The van der Waals surface area contributed by atoms with Gasteiger partial charge in [-0.3, -0.25) is 9.59 Å². The smallest absolute Gasteiger partial charge is 0.251 e. The van der Waals surface area contributed by atoms with Crippen LogP contribution in [0.1, 0.15) is 70.1 Å². The van der Waals surface area contributed by atoms with Gasteiger partial charge in [0.2, 0.25) is 5.91 Å². The molecule has 0 saturated carbocycles. The normalized spacial score (nSPS) is 22.3. The third-order valence-electron chi connectivity index (χ3n) is 6.93. The van der Waals surface area contributed by atoms with Gasteiger partial charge in [-0.05, 0) is 57.2 Å². The number of aryl methyl sites for hydroxylation is 1. The number of amides is 2. The van der Waals surface area contributed by atoms with Crippen molar-refractivity contribution < 1.29 is 14.7 Å². The van der Waals surface area contributed by atoms with Crippen LogP contribution in [0.4, 0.5) is 0 Å². The van der Waals surface area contributed by atoms with Crippen LogP contribution in [0.5, 0.6) is 0 Å². The van der Waals surface area contributed by atoms with E-state index in [1.165, 1.54) is 0 Å². The Kier molecular flexibility index (Phi) is 6.85. The Morgan fingerprint density at radius 2 is 2.00 bits per heavy atom. The molecule has 1 fully saturated rings. The summed E-state index contributed by atoms with van der Waals surface area (Å²) in [4.78, 5) is 27.5. The number of hydrogen-bond acceptors (Lipinski definition) is 4. The van der Waals surface area contributed by atoms with Gasteiger partial charge in [-0.1, -0.05) is 44.2 Å². The van der Waals surface area contributed by atoms with Crippen molar-refractivity contribution in [3.63, 3.8) is 0 Å². The molecule has 1 heterocycles. The summed E-state index contributed by atoms with van der Waals surface area (Å²) < 4.78 is 0. The maximum atomic E-state index is 13.2. The van der Waals surface area contributed by atoms with Gasteiger partial charge in [0, 0.05) is 36.0 Å². The van der Waals surface area contributed by atoms with Crippen molar-refractivity contribution in [2.45, 2.75) is 71.4 Å². The topological polar surface area (TPSA) is 93.4 Å². The molecule has 0 spiro atoms. The van der Waals surface area contributed by atoms with Gasteiger partial charge in [0.05, 0.1) is 17.2 Å². The predicted molar refractivity (Wildman–Crippen MR) is 128 cm³/mol. The van der Waals surface area contributed by atoms with Gasteiger partial charge in [-0.15, -0.1) is 0 Å². The molecule has 0 radical (unpaired) electrons. The summed E-state index contributed by atoms with van der Waals surface area (Å²) in [6.45, 7) is 10.4. The van der Waals surface area contributed by atoms with Crippen LogP contribution in [0.25, 0.3) is 0 Å². The number of rotatable bonds is 5. The highest BCUT2D eigenvalue weighted by Gasteiger charge is 2.50. The van der Waals surface area contributed by atoms with Gasteiger partial charge in [0.15, 0.2) is 0 Å². The first-order chi connectivity index (χ1) is 15.4. The number of likely N-dealkylation sites (tertiary alicyclic amines) is 1. The number of aliphatic hydroxyl groups is 1. The molecule has 1 unspecified atom stereocenters. The lowest BCUT2D eigenvalue weighted by Crippen LogP contribution is -2.58. The van der Waals surface area contributed by atoms with Crippen molar-refractivity contribution in [2.75, 3.05) is 13.1 Å². The second-order valence-corrected chi connectivity index (χ2v) is 10.6. The van der Waals surface area contributed by atoms with E-state index in [9.17, 15) is 20.0 Å². The molecule has 0 aromatic heterocycles. The molecule has 3 rings (SSSR count). The number of nitrogens with one attached hydrogen (secondary N) is 1. The van der Waals surface area contributed by atoms with Gasteiger partial charge >= 0.3 is 0 Å². The maximum absolute atomic E-state index is 13.2. The first kappa shape index (κ1) is 24.7. The highest BCUT2D eigenvalue weighted by Crippen LogP contribution is 2.46. The molecule has 6 nitrogen and oxygen atoms in total. The molecule has 1 aromatic rings. The van der Waals surface area contributed by atoms with Crippen LogP contribution < -0.4 is 5.32 Å². The summed E-state index contributed by atoms with van der Waals surface area (Å²) in [5, 5.41) is 23.9. The predicted octanol–water partition coefficient (Wildman–Crippen LogP) is 3.87. The summed E-state index contributed by atoms with van der Waals surface area (Å²) in [5.41, 5.74) is 0.456. The van der Waals surface area contributed by atoms with E-state index in [1.807, 2.05) is 65.0 Å². The van der Waals surface area contributed by atoms with Crippen molar-refractivity contribution >= 4 is 11.8 Å². The van der Waals surface area contributed by atoms with Gasteiger partial charge < -0.3 is 15.3 Å². The Morgan fingerprint density at radius 3 is 2.58 bits per heavy atom. The third-order valence-corrected chi connectivity index (χ3v) is 6.93. The van der Waals surface area contributed by atoms with Crippen molar-refractivity contribution in [3.8, 4) is 6.07 Å². The Hall–Kier alpha value is -2.91. The summed E-state index contributed by atoms with van der Waals surface area (Å²) in [6.07, 6.45) is 8.11. The Bertz CT molecular complexity index is 1050. The number of nitrogens with zero attached hydrogens (tertiary/aromatic N) is 2. The SMILES string of the molecule is Cc1cc(C2(O)CCN(C(=O)CC(C)(C)NC(=O)C3=CCCC=C3)CC2(C)C)ccc1C#N. The summed E-state index contributed by atoms with van der Waals surface area (Å²) in [5.74, 6) is -0.201. The van der Waals surface area contributed by atoms with Gasteiger partial charge in [-0.25, -0.2) is 0 Å². The molecular formula is C27H35N3O3. The van der Waals surface area contributed by atoms with Crippen molar-refractivity contribution in [1.29, 1.82) is 5.26 Å². The lowest BCUT2D eigenvalue weighted by atomic mass is 9.66. The van der Waals surface area contributed by atoms with Crippen molar-refractivity contribution in [2.24, 2.45) is 5.41 Å². The minimum absolute atomic E-state index is 0.0420. The van der Waals surface area contributed by atoms with Crippen LogP contribution in [-0.4, -0.2) is 40.4 Å². The number of benzene rings is 1. The number of piperidine rings is 1. The molecule has 2 amide bonds. The van der Waals surface area contributed by atoms with Crippen molar-refractivity contribution in [1.82, 2.24) is 10.2 Å². The lowest BCUT2D eigenvalue weighted by Gasteiger charge is -2.51. The largest absolute Gasteiger partial charge is 0.384 e. The van der Waals surface area contributed by atoms with Gasteiger partial charge in [0.1, 0.15) is 0 Å². The molecule has 176 valence electrons. The molecule has 0 bridgehead atoms. The molecule has 1 aliphatic carbocycles. The molecule has 6 heteroatoms. The fraction of sp³-hybridized carbons (Fsp3) is 0.519. The van der Waals surface area contributed by atoms with E-state index >= 15 is 0 Å². The third kappa shape index (κ3) is 5.20. The highest BCUT2D eigenvalue weighted by molar-refractivity contribution is 5.97. The van der Waals surface area contributed by atoms with E-state index in [4.69, 9.17) is 0 Å². The van der Waals surface area contributed by atoms with E-state index in [0.29, 0.717) is 30.6 Å². The van der Waals surface area contributed by atoms with Crippen LogP contribution in [-0.2, 0) is 15.2 Å².